The highest BCUT2D eigenvalue weighted by Crippen LogP contribution is 2.28. The second kappa shape index (κ2) is 9.18. The van der Waals surface area contributed by atoms with Crippen molar-refractivity contribution in [1.29, 1.82) is 0 Å². The second-order valence-electron chi connectivity index (χ2n) is 7.75. The van der Waals surface area contributed by atoms with E-state index in [0.29, 0.717) is 22.5 Å². The Morgan fingerprint density at radius 2 is 1.75 bits per heavy atom. The number of aryl methyl sites for hydroxylation is 1. The van der Waals surface area contributed by atoms with Crippen molar-refractivity contribution < 1.29 is 13.2 Å². The van der Waals surface area contributed by atoms with Crippen LogP contribution in [0.2, 0.25) is 5.02 Å². The number of benzene rings is 3. The number of fused-ring (bicyclic) bond motifs is 1. The molecule has 0 aliphatic carbocycles. The van der Waals surface area contributed by atoms with Crippen LogP contribution in [0.4, 0.5) is 0 Å². The Morgan fingerprint density at radius 1 is 1.00 bits per heavy atom. The molecule has 4 aromatic rings. The molecule has 0 aliphatic heterocycles. The normalized spacial score (nSPS) is 11.6. The van der Waals surface area contributed by atoms with E-state index >= 15 is 0 Å². The summed E-state index contributed by atoms with van der Waals surface area (Å²) in [6.07, 6.45) is 1.56. The van der Waals surface area contributed by atoms with Gasteiger partial charge in [-0.25, -0.2) is 8.42 Å². The fourth-order valence-corrected chi connectivity index (χ4v) is 5.51. The van der Waals surface area contributed by atoms with Crippen LogP contribution >= 0.6 is 11.6 Å². The number of sulfone groups is 1. The van der Waals surface area contributed by atoms with Gasteiger partial charge >= 0.3 is 0 Å². The molecule has 0 spiro atoms. The first-order valence-corrected chi connectivity index (χ1v) is 12.2. The van der Waals surface area contributed by atoms with Gasteiger partial charge in [-0.2, -0.15) is 0 Å². The van der Waals surface area contributed by atoms with Crippen LogP contribution in [0.1, 0.15) is 16.7 Å². The van der Waals surface area contributed by atoms with Gasteiger partial charge in [0.15, 0.2) is 9.84 Å². The van der Waals surface area contributed by atoms with Gasteiger partial charge in [0.05, 0.1) is 10.6 Å². The predicted molar refractivity (Wildman–Crippen MR) is 127 cm³/mol. The molecule has 0 saturated carbocycles. The predicted octanol–water partition coefficient (Wildman–Crippen LogP) is 4.89. The zero-order valence-electron chi connectivity index (χ0n) is 17.6. The van der Waals surface area contributed by atoms with Gasteiger partial charge in [-0.3, -0.25) is 4.79 Å². The number of carbonyl (C=O) groups excluding carboxylic acids is 1. The summed E-state index contributed by atoms with van der Waals surface area (Å²) in [6.45, 7) is 2.24. The maximum atomic E-state index is 13.2. The average molecular weight is 467 g/mol. The molecule has 164 valence electrons. The lowest BCUT2D eigenvalue weighted by Gasteiger charge is -2.08. The van der Waals surface area contributed by atoms with Crippen LogP contribution < -0.4 is 5.32 Å². The Morgan fingerprint density at radius 3 is 2.53 bits per heavy atom. The lowest BCUT2D eigenvalue weighted by molar-refractivity contribution is -0.121. The summed E-state index contributed by atoms with van der Waals surface area (Å²) in [4.78, 5) is 12.8. The van der Waals surface area contributed by atoms with Crippen LogP contribution in [0.15, 0.2) is 83.9 Å². The van der Waals surface area contributed by atoms with Crippen molar-refractivity contribution in [3.8, 4) is 0 Å². The first-order chi connectivity index (χ1) is 15.3. The summed E-state index contributed by atoms with van der Waals surface area (Å²) in [7, 11) is -3.60. The Kier molecular flexibility index (Phi) is 6.35. The molecule has 0 aliphatic rings. The monoisotopic (exact) mass is 466 g/mol. The number of rotatable bonds is 7. The molecule has 0 unspecified atom stereocenters. The lowest BCUT2D eigenvalue weighted by Crippen LogP contribution is -2.27. The molecule has 4 rings (SSSR count). The van der Waals surface area contributed by atoms with Crippen molar-refractivity contribution in [3.63, 3.8) is 0 Å². The first kappa shape index (κ1) is 22.1. The van der Waals surface area contributed by atoms with Crippen molar-refractivity contribution in [2.24, 2.45) is 0 Å². The summed E-state index contributed by atoms with van der Waals surface area (Å²) in [5.41, 5.74) is 3.26. The molecule has 1 amide bonds. The number of halogens is 1. The first-order valence-electron chi connectivity index (χ1n) is 10.2. The highest BCUT2D eigenvalue weighted by atomic mass is 35.5. The second-order valence-corrected chi connectivity index (χ2v) is 10.1. The molecule has 0 atom stereocenters. The van der Waals surface area contributed by atoms with E-state index < -0.39 is 9.84 Å². The molecule has 3 aromatic carbocycles. The molecule has 1 heterocycles. The number of nitrogens with zero attached hydrogens (tertiary/aromatic N) is 1. The molecule has 0 fully saturated rings. The van der Waals surface area contributed by atoms with Crippen molar-refractivity contribution >= 4 is 38.2 Å². The third-order valence-electron chi connectivity index (χ3n) is 5.27. The molecule has 0 saturated heterocycles. The Bertz CT molecular complexity index is 1390. The number of para-hydroxylation sites is 1. The number of aromatic nitrogens is 1. The van der Waals surface area contributed by atoms with E-state index in [1.165, 1.54) is 0 Å². The average Bonchev–Trinajstić information content (AvgIpc) is 3.12. The number of hydrogen-bond donors (Lipinski definition) is 1. The van der Waals surface area contributed by atoms with E-state index in [1.54, 1.807) is 29.0 Å². The van der Waals surface area contributed by atoms with Crippen LogP contribution in [-0.2, 0) is 33.5 Å². The van der Waals surface area contributed by atoms with E-state index in [1.807, 2.05) is 61.5 Å². The number of carbonyl (C=O) groups is 1. The molecule has 1 N–H and O–H groups in total. The summed E-state index contributed by atoms with van der Waals surface area (Å²) in [5.74, 6) is -0.324. The fraction of sp³-hybridized carbons (Fsp3) is 0.160. The van der Waals surface area contributed by atoms with E-state index in [0.717, 1.165) is 16.7 Å². The molecular weight excluding hydrogens is 444 g/mol. The maximum Gasteiger partial charge on any atom is 0.240 e. The third kappa shape index (κ3) is 4.87. The van der Waals surface area contributed by atoms with Gasteiger partial charge in [-0.1, -0.05) is 77.8 Å². The van der Waals surface area contributed by atoms with E-state index in [9.17, 15) is 13.2 Å². The lowest BCUT2D eigenvalue weighted by atomic mass is 10.2. The minimum atomic E-state index is -3.60. The van der Waals surface area contributed by atoms with Crippen molar-refractivity contribution in [1.82, 2.24) is 9.88 Å². The van der Waals surface area contributed by atoms with Crippen LogP contribution in [0.3, 0.4) is 0 Å². The molecule has 0 radical (unpaired) electrons. The van der Waals surface area contributed by atoms with Crippen molar-refractivity contribution in [3.05, 3.63) is 101 Å². The largest absolute Gasteiger partial charge is 0.350 e. The van der Waals surface area contributed by atoms with Gasteiger partial charge in [-0.05, 0) is 30.2 Å². The summed E-state index contributed by atoms with van der Waals surface area (Å²) in [6, 6.07) is 22.0. The van der Waals surface area contributed by atoms with E-state index in [4.69, 9.17) is 11.6 Å². The van der Waals surface area contributed by atoms with Gasteiger partial charge in [0, 0.05) is 28.7 Å². The third-order valence-corrected chi connectivity index (χ3v) is 7.35. The minimum absolute atomic E-state index is 0.00489. The van der Waals surface area contributed by atoms with E-state index in [-0.39, 0.29) is 23.1 Å². The number of hydrogen-bond acceptors (Lipinski definition) is 3. The fourth-order valence-electron chi connectivity index (χ4n) is 3.74. The number of nitrogens with one attached hydrogen (secondary N) is 1. The molecule has 7 heteroatoms. The van der Waals surface area contributed by atoms with Crippen LogP contribution in [0.5, 0.6) is 0 Å². The summed E-state index contributed by atoms with van der Waals surface area (Å²) >= 11 is 6.15. The van der Waals surface area contributed by atoms with Gasteiger partial charge in [0.2, 0.25) is 5.91 Å². The molecule has 5 nitrogen and oxygen atoms in total. The quantitative estimate of drug-likeness (QED) is 0.421. The van der Waals surface area contributed by atoms with Gasteiger partial charge in [0.25, 0.3) is 0 Å². The SMILES string of the molecule is Cc1cccc(CS(=O)(=O)c2cn(CC(=O)NCc3ccccc3Cl)c3ccccc23)c1. The number of amides is 1. The smallest absolute Gasteiger partial charge is 0.240 e. The zero-order chi connectivity index (χ0) is 22.7. The van der Waals surface area contributed by atoms with Crippen molar-refractivity contribution in [2.45, 2.75) is 30.7 Å². The van der Waals surface area contributed by atoms with Gasteiger partial charge in [-0.15, -0.1) is 0 Å². The standard InChI is InChI=1S/C25H23ClN2O3S/c1-18-7-6-8-19(13-18)17-32(30,31)24-15-28(23-12-5-3-10-21(23)24)16-25(29)27-14-20-9-2-4-11-22(20)26/h2-13,15H,14,16-17H2,1H3,(H,27,29). The Hall–Kier alpha value is -3.09. The Labute approximate surface area is 192 Å². The molecular formula is C25H23ClN2O3S. The zero-order valence-corrected chi connectivity index (χ0v) is 19.2. The van der Waals surface area contributed by atoms with Crippen LogP contribution in [0.25, 0.3) is 10.9 Å². The highest BCUT2D eigenvalue weighted by Gasteiger charge is 2.22. The minimum Gasteiger partial charge on any atom is -0.350 e. The van der Waals surface area contributed by atoms with Crippen LogP contribution in [0, 0.1) is 6.92 Å². The highest BCUT2D eigenvalue weighted by molar-refractivity contribution is 7.90. The summed E-state index contributed by atoms with van der Waals surface area (Å²) in [5, 5.41) is 4.05. The van der Waals surface area contributed by atoms with Crippen molar-refractivity contribution in [2.75, 3.05) is 0 Å². The Balaban J connectivity index is 1.58. The molecule has 32 heavy (non-hydrogen) atoms. The van der Waals surface area contributed by atoms with E-state index in [2.05, 4.69) is 5.32 Å². The molecule has 0 bridgehead atoms. The molecule has 1 aromatic heterocycles. The van der Waals surface area contributed by atoms with Crippen LogP contribution in [-0.4, -0.2) is 18.9 Å². The van der Waals surface area contributed by atoms with Gasteiger partial charge < -0.3 is 9.88 Å². The topological polar surface area (TPSA) is 68.2 Å². The van der Waals surface area contributed by atoms with Gasteiger partial charge in [0.1, 0.15) is 6.54 Å². The summed E-state index contributed by atoms with van der Waals surface area (Å²) < 4.78 is 28.2. The maximum absolute atomic E-state index is 13.2.